The molecule has 8 heteroatoms. The number of benzene rings is 2. The molecule has 0 aromatic heterocycles. The number of rotatable bonds is 2. The fourth-order valence-electron chi connectivity index (χ4n) is 3.35. The number of amides is 1. The zero-order valence-electron chi connectivity index (χ0n) is 13.6. The Morgan fingerprint density at radius 3 is 2.54 bits per heavy atom. The van der Waals surface area contributed by atoms with Crippen LogP contribution in [0.2, 0.25) is 0 Å². The van der Waals surface area contributed by atoms with Gasteiger partial charge in [0.15, 0.2) is 0 Å². The van der Waals surface area contributed by atoms with Gasteiger partial charge >= 0.3 is 0 Å². The monoisotopic (exact) mass is 358 g/mol. The SMILES string of the molecule is O=C1NC(c2ccc3ccccc3c2)=N[C@]12O[C@H](CO)[C@@H](O)[C@H](O)[C@H]2O. The average molecular weight is 358 g/mol. The lowest BCUT2D eigenvalue weighted by atomic mass is 9.91. The van der Waals surface area contributed by atoms with Gasteiger partial charge in [-0.2, -0.15) is 0 Å². The summed E-state index contributed by atoms with van der Waals surface area (Å²) < 4.78 is 5.42. The molecule has 2 aromatic carbocycles. The maximum Gasteiger partial charge on any atom is 0.283 e. The third kappa shape index (κ3) is 2.43. The molecule has 1 saturated heterocycles. The summed E-state index contributed by atoms with van der Waals surface area (Å²) >= 11 is 0. The Labute approximate surface area is 148 Å². The molecule has 26 heavy (non-hydrogen) atoms. The highest BCUT2D eigenvalue weighted by Crippen LogP contribution is 2.35. The van der Waals surface area contributed by atoms with Gasteiger partial charge in [0.25, 0.3) is 11.6 Å². The van der Waals surface area contributed by atoms with Crippen LogP contribution >= 0.6 is 0 Å². The smallest absolute Gasteiger partial charge is 0.283 e. The zero-order chi connectivity index (χ0) is 18.5. The highest BCUT2D eigenvalue weighted by molar-refractivity contribution is 6.16. The van der Waals surface area contributed by atoms with Gasteiger partial charge in [-0.3, -0.25) is 4.79 Å². The third-order valence-electron chi connectivity index (χ3n) is 4.82. The first-order valence-corrected chi connectivity index (χ1v) is 8.19. The normalized spacial score (nSPS) is 34.2. The lowest BCUT2D eigenvalue weighted by Crippen LogP contribution is -2.67. The van der Waals surface area contributed by atoms with Crippen molar-refractivity contribution in [3.8, 4) is 0 Å². The highest BCUT2D eigenvalue weighted by atomic mass is 16.6. The number of aliphatic hydroxyl groups is 4. The molecule has 4 rings (SSSR count). The van der Waals surface area contributed by atoms with E-state index in [9.17, 15) is 25.2 Å². The second-order valence-corrected chi connectivity index (χ2v) is 6.44. The Morgan fingerprint density at radius 1 is 1.08 bits per heavy atom. The first kappa shape index (κ1) is 17.1. The number of nitrogens with one attached hydrogen (secondary N) is 1. The van der Waals surface area contributed by atoms with E-state index in [1.54, 1.807) is 6.07 Å². The minimum absolute atomic E-state index is 0.181. The molecule has 0 aliphatic carbocycles. The van der Waals surface area contributed by atoms with Crippen molar-refractivity contribution in [1.29, 1.82) is 0 Å². The van der Waals surface area contributed by atoms with Crippen LogP contribution < -0.4 is 5.32 Å². The van der Waals surface area contributed by atoms with Crippen molar-refractivity contribution < 1.29 is 30.0 Å². The van der Waals surface area contributed by atoms with E-state index in [0.29, 0.717) is 5.56 Å². The van der Waals surface area contributed by atoms with E-state index in [-0.39, 0.29) is 5.84 Å². The molecule has 8 nitrogen and oxygen atoms in total. The third-order valence-corrected chi connectivity index (χ3v) is 4.82. The number of carbonyl (C=O) groups is 1. The van der Waals surface area contributed by atoms with Crippen molar-refractivity contribution in [3.05, 3.63) is 48.0 Å². The Hall–Kier alpha value is -2.36. The van der Waals surface area contributed by atoms with Gasteiger partial charge in [0, 0.05) is 5.56 Å². The van der Waals surface area contributed by atoms with Crippen LogP contribution in [0.5, 0.6) is 0 Å². The number of aliphatic hydroxyl groups excluding tert-OH is 4. The maximum absolute atomic E-state index is 12.5. The van der Waals surface area contributed by atoms with Crippen LogP contribution in [0.15, 0.2) is 47.5 Å². The molecule has 1 spiro atoms. The number of ether oxygens (including phenoxy) is 1. The highest BCUT2D eigenvalue weighted by Gasteiger charge is 2.60. The van der Waals surface area contributed by atoms with Crippen LogP contribution in [-0.2, 0) is 9.53 Å². The van der Waals surface area contributed by atoms with Gasteiger partial charge in [0.2, 0.25) is 0 Å². The molecule has 5 atom stereocenters. The molecule has 2 aliphatic rings. The van der Waals surface area contributed by atoms with Gasteiger partial charge in [-0.25, -0.2) is 4.99 Å². The van der Waals surface area contributed by atoms with E-state index in [4.69, 9.17) is 4.74 Å². The molecule has 5 N–H and O–H groups in total. The van der Waals surface area contributed by atoms with Crippen molar-refractivity contribution in [2.45, 2.75) is 30.1 Å². The Balaban J connectivity index is 1.76. The van der Waals surface area contributed by atoms with Crippen molar-refractivity contribution in [2.75, 3.05) is 6.61 Å². The van der Waals surface area contributed by atoms with E-state index in [2.05, 4.69) is 10.3 Å². The summed E-state index contributed by atoms with van der Waals surface area (Å²) in [4.78, 5) is 16.7. The van der Waals surface area contributed by atoms with E-state index in [1.165, 1.54) is 0 Å². The molecule has 2 aromatic rings. The van der Waals surface area contributed by atoms with Gasteiger partial charge in [-0.15, -0.1) is 0 Å². The zero-order valence-corrected chi connectivity index (χ0v) is 13.6. The number of fused-ring (bicyclic) bond motifs is 1. The average Bonchev–Trinajstić information content (AvgIpc) is 3.00. The molecule has 2 heterocycles. The first-order valence-electron chi connectivity index (χ1n) is 8.19. The molecule has 2 aliphatic heterocycles. The number of nitrogens with zero attached hydrogens (tertiary/aromatic N) is 1. The number of hydrogen-bond acceptors (Lipinski definition) is 7. The second-order valence-electron chi connectivity index (χ2n) is 6.44. The van der Waals surface area contributed by atoms with E-state index < -0.39 is 42.7 Å². The van der Waals surface area contributed by atoms with Crippen LogP contribution in [0.3, 0.4) is 0 Å². The van der Waals surface area contributed by atoms with Crippen LogP contribution in [0.25, 0.3) is 10.8 Å². The van der Waals surface area contributed by atoms with Crippen LogP contribution in [0.1, 0.15) is 5.56 Å². The minimum Gasteiger partial charge on any atom is -0.394 e. The Bertz CT molecular complexity index is 898. The molecule has 0 unspecified atom stereocenters. The topological polar surface area (TPSA) is 132 Å². The number of aliphatic imine (C=N–C) groups is 1. The van der Waals surface area contributed by atoms with Crippen molar-refractivity contribution in [1.82, 2.24) is 5.32 Å². The summed E-state index contributed by atoms with van der Waals surface area (Å²) in [5.74, 6) is -0.586. The predicted molar refractivity (Wildman–Crippen MR) is 91.3 cm³/mol. The first-order chi connectivity index (χ1) is 12.5. The fourth-order valence-corrected chi connectivity index (χ4v) is 3.35. The Morgan fingerprint density at radius 2 is 1.81 bits per heavy atom. The van der Waals surface area contributed by atoms with E-state index in [0.717, 1.165) is 10.8 Å². The summed E-state index contributed by atoms with van der Waals surface area (Å²) in [7, 11) is 0. The van der Waals surface area contributed by atoms with Gasteiger partial charge < -0.3 is 30.5 Å². The van der Waals surface area contributed by atoms with Crippen LogP contribution in [0, 0.1) is 0 Å². The summed E-state index contributed by atoms with van der Waals surface area (Å²) in [6.07, 6.45) is -6.25. The van der Waals surface area contributed by atoms with E-state index in [1.807, 2.05) is 36.4 Å². The molecule has 1 amide bonds. The molecule has 136 valence electrons. The van der Waals surface area contributed by atoms with Crippen molar-refractivity contribution in [2.24, 2.45) is 4.99 Å². The summed E-state index contributed by atoms with van der Waals surface area (Å²) in [5.41, 5.74) is -1.52. The van der Waals surface area contributed by atoms with Crippen molar-refractivity contribution in [3.63, 3.8) is 0 Å². The lowest BCUT2D eigenvalue weighted by molar-refractivity contribution is -0.261. The second kappa shape index (κ2) is 6.11. The molecule has 0 radical (unpaired) electrons. The summed E-state index contributed by atoms with van der Waals surface area (Å²) in [6.45, 7) is -0.638. The van der Waals surface area contributed by atoms with Crippen LogP contribution in [-0.4, -0.2) is 68.9 Å². The summed E-state index contributed by atoms with van der Waals surface area (Å²) in [6, 6.07) is 13.1. The maximum atomic E-state index is 12.5. The Kier molecular flexibility index (Phi) is 4.02. The molecule has 0 saturated carbocycles. The molecule has 0 bridgehead atoms. The van der Waals surface area contributed by atoms with Gasteiger partial charge in [-0.05, 0) is 16.8 Å². The largest absolute Gasteiger partial charge is 0.394 e. The lowest BCUT2D eigenvalue weighted by Gasteiger charge is -2.43. The van der Waals surface area contributed by atoms with Gasteiger partial charge in [0.05, 0.1) is 6.61 Å². The quantitative estimate of drug-likeness (QED) is 0.462. The minimum atomic E-state index is -2.12. The molecular formula is C18H18N2O6. The molecular weight excluding hydrogens is 340 g/mol. The number of amidine groups is 1. The van der Waals surface area contributed by atoms with Gasteiger partial charge in [0.1, 0.15) is 30.3 Å². The van der Waals surface area contributed by atoms with Crippen molar-refractivity contribution >= 4 is 22.5 Å². The van der Waals surface area contributed by atoms with Gasteiger partial charge in [-0.1, -0.05) is 36.4 Å². The number of hydrogen-bond donors (Lipinski definition) is 5. The van der Waals surface area contributed by atoms with E-state index >= 15 is 0 Å². The fraction of sp³-hybridized carbons (Fsp3) is 0.333. The summed E-state index contributed by atoms with van der Waals surface area (Å²) in [5, 5.41) is 44.1. The predicted octanol–water partition coefficient (Wildman–Crippen LogP) is -1.11. The number of carbonyl (C=O) groups excluding carboxylic acids is 1. The standard InChI is InChI=1S/C18H18N2O6/c21-8-12-13(22)14(23)15(24)18(26-12)17(25)19-16(20-18)11-6-5-9-3-1-2-4-10(9)7-11/h1-7,12-15,21-24H,8H2,(H,19,20,25)/t12-,13-,14+,15-,18-/m1/s1. The van der Waals surface area contributed by atoms with Crippen LogP contribution in [0.4, 0.5) is 0 Å². The molecule has 1 fully saturated rings.